The lowest BCUT2D eigenvalue weighted by Crippen LogP contribution is -2.40. The highest BCUT2D eigenvalue weighted by atomic mass is 19.1. The van der Waals surface area contributed by atoms with Crippen LogP contribution in [-0.2, 0) is 9.59 Å². The molecule has 1 aliphatic rings. The van der Waals surface area contributed by atoms with Crippen LogP contribution in [0.3, 0.4) is 0 Å². The van der Waals surface area contributed by atoms with Gasteiger partial charge in [-0.3, -0.25) is 9.59 Å². The van der Waals surface area contributed by atoms with Crippen molar-refractivity contribution in [3.05, 3.63) is 30.1 Å². The Balaban J connectivity index is 1.76. The van der Waals surface area contributed by atoms with Gasteiger partial charge >= 0.3 is 5.97 Å². The van der Waals surface area contributed by atoms with Gasteiger partial charge in [-0.2, -0.15) is 0 Å². The van der Waals surface area contributed by atoms with E-state index in [4.69, 9.17) is 5.11 Å². The van der Waals surface area contributed by atoms with Gasteiger partial charge in [0.25, 0.3) is 0 Å². The molecule has 0 bridgehead atoms. The van der Waals surface area contributed by atoms with Gasteiger partial charge in [0.1, 0.15) is 5.82 Å². The Kier molecular flexibility index (Phi) is 5.27. The van der Waals surface area contributed by atoms with E-state index in [2.05, 4.69) is 10.6 Å². The van der Waals surface area contributed by atoms with E-state index < -0.39 is 5.97 Å². The molecule has 1 amide bonds. The van der Waals surface area contributed by atoms with Gasteiger partial charge < -0.3 is 15.7 Å². The maximum atomic E-state index is 12.7. The van der Waals surface area contributed by atoms with E-state index in [9.17, 15) is 14.0 Å². The molecule has 5 nitrogen and oxygen atoms in total. The summed E-state index contributed by atoms with van der Waals surface area (Å²) in [6.45, 7) is 0.119. The molecule has 3 N–H and O–H groups in total. The highest BCUT2D eigenvalue weighted by molar-refractivity contribution is 5.92. The van der Waals surface area contributed by atoms with Crippen molar-refractivity contribution in [3.8, 4) is 0 Å². The molecule has 0 radical (unpaired) electrons. The topological polar surface area (TPSA) is 78.4 Å². The molecule has 1 saturated carbocycles. The summed E-state index contributed by atoms with van der Waals surface area (Å²) in [6.07, 6.45) is 3.00. The van der Waals surface area contributed by atoms with Crippen molar-refractivity contribution in [1.29, 1.82) is 0 Å². The van der Waals surface area contributed by atoms with E-state index in [0.29, 0.717) is 18.5 Å². The van der Waals surface area contributed by atoms with Crippen LogP contribution in [0.25, 0.3) is 0 Å². The molecule has 0 heterocycles. The van der Waals surface area contributed by atoms with E-state index in [1.54, 1.807) is 0 Å². The zero-order valence-electron chi connectivity index (χ0n) is 11.6. The fourth-order valence-corrected chi connectivity index (χ4v) is 2.57. The zero-order valence-corrected chi connectivity index (χ0v) is 11.6. The van der Waals surface area contributed by atoms with Crippen LogP contribution in [0.4, 0.5) is 10.1 Å². The Morgan fingerprint density at radius 1 is 1.24 bits per heavy atom. The minimum atomic E-state index is -0.766. The summed E-state index contributed by atoms with van der Waals surface area (Å²) < 4.78 is 12.7. The number of carbonyl (C=O) groups is 2. The third-order valence-corrected chi connectivity index (χ3v) is 3.70. The number of carboxylic acid groups (broad SMARTS) is 1. The quantitative estimate of drug-likeness (QED) is 0.776. The van der Waals surface area contributed by atoms with Crippen LogP contribution in [0.1, 0.15) is 25.7 Å². The van der Waals surface area contributed by atoms with E-state index >= 15 is 0 Å². The van der Waals surface area contributed by atoms with Crippen molar-refractivity contribution >= 4 is 17.6 Å². The number of hydrogen-bond donors (Lipinski definition) is 3. The SMILES string of the molecule is O=C(CNC1CCCC(C(=O)O)C1)Nc1ccc(F)cc1. The molecule has 2 atom stereocenters. The number of nitrogens with one attached hydrogen (secondary N) is 2. The maximum absolute atomic E-state index is 12.7. The Morgan fingerprint density at radius 3 is 2.62 bits per heavy atom. The molecular formula is C15H19FN2O3. The molecule has 1 aromatic carbocycles. The summed E-state index contributed by atoms with van der Waals surface area (Å²) in [5.41, 5.74) is 0.537. The fraction of sp³-hybridized carbons (Fsp3) is 0.467. The molecule has 1 aromatic rings. The molecule has 0 saturated heterocycles. The third-order valence-electron chi connectivity index (χ3n) is 3.70. The summed E-state index contributed by atoms with van der Waals surface area (Å²) in [6, 6.07) is 5.60. The van der Waals surface area contributed by atoms with Gasteiger partial charge in [-0.25, -0.2) is 4.39 Å². The standard InChI is InChI=1S/C15H19FN2O3/c16-11-4-6-12(7-5-11)18-14(19)9-17-13-3-1-2-10(8-13)15(20)21/h4-7,10,13,17H,1-3,8-9H2,(H,18,19)(H,20,21). The van der Waals surface area contributed by atoms with Crippen molar-refractivity contribution in [1.82, 2.24) is 5.32 Å². The molecular weight excluding hydrogens is 275 g/mol. The number of aliphatic carboxylic acids is 1. The first-order chi connectivity index (χ1) is 10.0. The van der Waals surface area contributed by atoms with Crippen LogP contribution >= 0.6 is 0 Å². The van der Waals surface area contributed by atoms with Crippen LogP contribution < -0.4 is 10.6 Å². The monoisotopic (exact) mass is 294 g/mol. The molecule has 114 valence electrons. The largest absolute Gasteiger partial charge is 0.481 e. The molecule has 2 rings (SSSR count). The Labute approximate surface area is 122 Å². The molecule has 0 aliphatic heterocycles. The maximum Gasteiger partial charge on any atom is 0.306 e. The summed E-state index contributed by atoms with van der Waals surface area (Å²) in [4.78, 5) is 22.7. The molecule has 2 unspecified atom stereocenters. The minimum Gasteiger partial charge on any atom is -0.481 e. The Morgan fingerprint density at radius 2 is 1.95 bits per heavy atom. The second kappa shape index (κ2) is 7.17. The summed E-state index contributed by atoms with van der Waals surface area (Å²) in [5, 5.41) is 14.8. The number of anilines is 1. The first-order valence-electron chi connectivity index (χ1n) is 7.06. The van der Waals surface area contributed by atoms with Crippen molar-refractivity contribution in [2.75, 3.05) is 11.9 Å². The molecule has 1 fully saturated rings. The average molecular weight is 294 g/mol. The number of hydrogen-bond acceptors (Lipinski definition) is 3. The molecule has 21 heavy (non-hydrogen) atoms. The van der Waals surface area contributed by atoms with Gasteiger partial charge in [0.2, 0.25) is 5.91 Å². The van der Waals surface area contributed by atoms with Crippen LogP contribution in [-0.4, -0.2) is 29.6 Å². The number of rotatable bonds is 5. The van der Waals surface area contributed by atoms with Crippen molar-refractivity contribution in [2.45, 2.75) is 31.7 Å². The van der Waals surface area contributed by atoms with Gasteiger partial charge in [0, 0.05) is 11.7 Å². The third kappa shape index (κ3) is 4.82. The van der Waals surface area contributed by atoms with Crippen molar-refractivity contribution < 1.29 is 19.1 Å². The second-order valence-electron chi connectivity index (χ2n) is 5.33. The number of halogens is 1. The molecule has 0 spiro atoms. The Bertz CT molecular complexity index is 504. The molecule has 6 heteroatoms. The van der Waals surface area contributed by atoms with E-state index in [1.165, 1.54) is 24.3 Å². The zero-order chi connectivity index (χ0) is 15.2. The highest BCUT2D eigenvalue weighted by Crippen LogP contribution is 2.24. The smallest absolute Gasteiger partial charge is 0.306 e. The van der Waals surface area contributed by atoms with E-state index in [-0.39, 0.29) is 30.2 Å². The average Bonchev–Trinajstić information content (AvgIpc) is 2.48. The second-order valence-corrected chi connectivity index (χ2v) is 5.33. The predicted molar refractivity (Wildman–Crippen MR) is 76.4 cm³/mol. The summed E-state index contributed by atoms with van der Waals surface area (Å²) in [5.74, 6) is -1.67. The fourth-order valence-electron chi connectivity index (χ4n) is 2.57. The Hall–Kier alpha value is -1.95. The lowest BCUT2D eigenvalue weighted by atomic mass is 9.86. The molecule has 0 aromatic heterocycles. The van der Waals surface area contributed by atoms with Gasteiger partial charge in [-0.15, -0.1) is 0 Å². The van der Waals surface area contributed by atoms with Gasteiger partial charge in [0.05, 0.1) is 12.5 Å². The predicted octanol–water partition coefficient (Wildman–Crippen LogP) is 2.00. The lowest BCUT2D eigenvalue weighted by molar-refractivity contribution is -0.143. The number of carboxylic acids is 1. The van der Waals surface area contributed by atoms with Crippen molar-refractivity contribution in [2.24, 2.45) is 5.92 Å². The number of carbonyl (C=O) groups excluding carboxylic acids is 1. The van der Waals surface area contributed by atoms with E-state index in [1.807, 2.05) is 0 Å². The van der Waals surface area contributed by atoms with E-state index in [0.717, 1.165) is 12.8 Å². The lowest BCUT2D eigenvalue weighted by Gasteiger charge is -2.27. The molecule has 1 aliphatic carbocycles. The van der Waals surface area contributed by atoms with Crippen LogP contribution in [0, 0.1) is 11.7 Å². The summed E-state index contributed by atoms with van der Waals surface area (Å²) in [7, 11) is 0. The number of benzene rings is 1. The summed E-state index contributed by atoms with van der Waals surface area (Å²) >= 11 is 0. The highest BCUT2D eigenvalue weighted by Gasteiger charge is 2.26. The van der Waals surface area contributed by atoms with Crippen LogP contribution in [0.2, 0.25) is 0 Å². The number of amides is 1. The first kappa shape index (κ1) is 15.4. The van der Waals surface area contributed by atoms with Crippen LogP contribution in [0.5, 0.6) is 0 Å². The van der Waals surface area contributed by atoms with Gasteiger partial charge in [-0.05, 0) is 43.5 Å². The normalized spacial score (nSPS) is 21.8. The first-order valence-corrected chi connectivity index (χ1v) is 7.06. The van der Waals surface area contributed by atoms with Gasteiger partial charge in [-0.1, -0.05) is 6.42 Å². The van der Waals surface area contributed by atoms with Gasteiger partial charge in [0.15, 0.2) is 0 Å². The van der Waals surface area contributed by atoms with Crippen LogP contribution in [0.15, 0.2) is 24.3 Å². The van der Waals surface area contributed by atoms with Crippen molar-refractivity contribution in [3.63, 3.8) is 0 Å². The minimum absolute atomic E-state index is 0.0545.